The Kier molecular flexibility index (Phi) is 4.29. The van der Waals surface area contributed by atoms with Crippen LogP contribution in [0.15, 0.2) is 23.6 Å². The van der Waals surface area contributed by atoms with Crippen LogP contribution in [0.2, 0.25) is 5.02 Å². The summed E-state index contributed by atoms with van der Waals surface area (Å²) in [6.07, 6.45) is -0.544. The number of nitrogens with zero attached hydrogens (tertiary/aromatic N) is 1. The molecule has 1 aromatic heterocycles. The zero-order valence-electron chi connectivity index (χ0n) is 9.81. The maximum Gasteiger partial charge on any atom is 0.201 e. The fraction of sp³-hybridized carbons (Fsp3) is 0.250. The lowest BCUT2D eigenvalue weighted by molar-refractivity contribution is -0.108. The van der Waals surface area contributed by atoms with Crippen LogP contribution in [-0.2, 0) is 9.47 Å². The average Bonchev–Trinajstić information content (AvgIpc) is 2.83. The molecule has 6 heteroatoms. The van der Waals surface area contributed by atoms with E-state index in [1.54, 1.807) is 11.4 Å². The Labute approximate surface area is 113 Å². The van der Waals surface area contributed by atoms with Crippen molar-refractivity contribution in [3.8, 4) is 10.6 Å². The van der Waals surface area contributed by atoms with Gasteiger partial charge in [-0.15, -0.1) is 11.3 Å². The molecule has 0 radical (unpaired) electrons. The fourth-order valence-corrected chi connectivity index (χ4v) is 2.53. The third kappa shape index (κ3) is 2.70. The van der Waals surface area contributed by atoms with Gasteiger partial charge in [-0.1, -0.05) is 11.6 Å². The van der Waals surface area contributed by atoms with Crippen LogP contribution >= 0.6 is 22.9 Å². The van der Waals surface area contributed by atoms with Crippen LogP contribution in [0.25, 0.3) is 10.6 Å². The summed E-state index contributed by atoms with van der Waals surface area (Å²) in [5.41, 5.74) is 0.990. The van der Waals surface area contributed by atoms with Crippen molar-refractivity contribution in [1.82, 2.24) is 4.98 Å². The van der Waals surface area contributed by atoms with Gasteiger partial charge in [0.15, 0.2) is 0 Å². The number of ether oxygens (including phenoxy) is 2. The number of methoxy groups -OCH3 is 2. The molecule has 18 heavy (non-hydrogen) atoms. The van der Waals surface area contributed by atoms with Crippen LogP contribution in [-0.4, -0.2) is 19.2 Å². The van der Waals surface area contributed by atoms with Crippen molar-refractivity contribution in [2.24, 2.45) is 0 Å². The maximum absolute atomic E-state index is 13.7. The number of benzene rings is 1. The van der Waals surface area contributed by atoms with Crippen molar-refractivity contribution in [2.45, 2.75) is 6.29 Å². The highest BCUT2D eigenvalue weighted by atomic mass is 35.5. The van der Waals surface area contributed by atoms with Crippen molar-refractivity contribution in [2.75, 3.05) is 14.2 Å². The van der Waals surface area contributed by atoms with Gasteiger partial charge in [-0.25, -0.2) is 9.37 Å². The molecule has 0 bridgehead atoms. The SMILES string of the molecule is COC(OC)c1csc(-c2cc(Cl)ccc2F)n1. The van der Waals surface area contributed by atoms with E-state index in [1.807, 2.05) is 0 Å². The van der Waals surface area contributed by atoms with Crippen LogP contribution in [0.5, 0.6) is 0 Å². The van der Waals surface area contributed by atoms with Crippen LogP contribution < -0.4 is 0 Å². The number of halogens is 2. The second-order valence-corrected chi connectivity index (χ2v) is 4.80. The van der Waals surface area contributed by atoms with E-state index in [-0.39, 0.29) is 5.82 Å². The second kappa shape index (κ2) is 5.75. The Hall–Kier alpha value is -1.01. The monoisotopic (exact) mass is 287 g/mol. The standard InChI is InChI=1S/C12H11ClFNO2S/c1-16-12(17-2)10-6-18-11(15-10)8-5-7(13)3-4-9(8)14/h3-6,12H,1-2H3. The molecule has 0 unspecified atom stereocenters. The molecule has 0 aliphatic carbocycles. The minimum atomic E-state index is -0.544. The zero-order chi connectivity index (χ0) is 13.1. The van der Waals surface area contributed by atoms with Crippen molar-refractivity contribution in [1.29, 1.82) is 0 Å². The van der Waals surface area contributed by atoms with Gasteiger partial charge in [-0.05, 0) is 18.2 Å². The third-order valence-electron chi connectivity index (χ3n) is 2.35. The van der Waals surface area contributed by atoms with E-state index < -0.39 is 6.29 Å². The van der Waals surface area contributed by atoms with E-state index >= 15 is 0 Å². The van der Waals surface area contributed by atoms with Gasteiger partial charge in [-0.2, -0.15) is 0 Å². The summed E-state index contributed by atoms with van der Waals surface area (Å²) in [6.45, 7) is 0. The lowest BCUT2D eigenvalue weighted by Gasteiger charge is -2.09. The second-order valence-electron chi connectivity index (χ2n) is 3.51. The molecule has 0 atom stereocenters. The summed E-state index contributed by atoms with van der Waals surface area (Å²) in [7, 11) is 3.04. The summed E-state index contributed by atoms with van der Waals surface area (Å²) in [6, 6.07) is 4.37. The molecule has 0 fully saturated rings. The van der Waals surface area contributed by atoms with Gasteiger partial charge in [0.05, 0.1) is 0 Å². The van der Waals surface area contributed by atoms with E-state index in [4.69, 9.17) is 21.1 Å². The minimum Gasteiger partial charge on any atom is -0.350 e. The number of thiazole rings is 1. The first kappa shape index (κ1) is 13.4. The topological polar surface area (TPSA) is 31.4 Å². The Balaban J connectivity index is 2.37. The van der Waals surface area contributed by atoms with Gasteiger partial charge >= 0.3 is 0 Å². The first-order valence-electron chi connectivity index (χ1n) is 5.12. The molecular weight excluding hydrogens is 277 g/mol. The summed E-state index contributed by atoms with van der Waals surface area (Å²) >= 11 is 7.17. The highest BCUT2D eigenvalue weighted by Crippen LogP contribution is 2.31. The summed E-state index contributed by atoms with van der Waals surface area (Å²) in [5.74, 6) is -0.355. The minimum absolute atomic E-state index is 0.355. The number of rotatable bonds is 4. The summed E-state index contributed by atoms with van der Waals surface area (Å²) in [5, 5.41) is 2.79. The lowest BCUT2D eigenvalue weighted by Crippen LogP contribution is -2.03. The van der Waals surface area contributed by atoms with E-state index in [0.717, 1.165) is 0 Å². The molecule has 0 aliphatic rings. The van der Waals surface area contributed by atoms with Gasteiger partial charge in [0, 0.05) is 30.2 Å². The fourth-order valence-electron chi connectivity index (χ4n) is 1.52. The quantitative estimate of drug-likeness (QED) is 0.799. The molecule has 3 nitrogen and oxygen atoms in total. The number of aromatic nitrogens is 1. The van der Waals surface area contributed by atoms with Crippen molar-refractivity contribution < 1.29 is 13.9 Å². The molecule has 1 aromatic carbocycles. The van der Waals surface area contributed by atoms with E-state index in [0.29, 0.717) is 21.3 Å². The zero-order valence-corrected chi connectivity index (χ0v) is 11.4. The van der Waals surface area contributed by atoms with Crippen LogP contribution in [0.4, 0.5) is 4.39 Å². The van der Waals surface area contributed by atoms with Gasteiger partial charge in [0.1, 0.15) is 16.5 Å². The third-order valence-corrected chi connectivity index (χ3v) is 3.48. The Morgan fingerprint density at radius 2 is 2.06 bits per heavy atom. The molecule has 0 N–H and O–H groups in total. The molecule has 0 saturated carbocycles. The first-order valence-corrected chi connectivity index (χ1v) is 6.38. The van der Waals surface area contributed by atoms with Gasteiger partial charge in [0.2, 0.25) is 6.29 Å². The molecular formula is C12H11ClFNO2S. The van der Waals surface area contributed by atoms with Crippen LogP contribution in [0.1, 0.15) is 12.0 Å². The van der Waals surface area contributed by atoms with Gasteiger partial charge < -0.3 is 9.47 Å². The van der Waals surface area contributed by atoms with Crippen molar-refractivity contribution in [3.63, 3.8) is 0 Å². The number of hydrogen-bond donors (Lipinski definition) is 0. The van der Waals surface area contributed by atoms with Gasteiger partial charge in [-0.3, -0.25) is 0 Å². The number of hydrogen-bond acceptors (Lipinski definition) is 4. The molecule has 0 amide bonds. The van der Waals surface area contributed by atoms with E-state index in [9.17, 15) is 4.39 Å². The highest BCUT2D eigenvalue weighted by molar-refractivity contribution is 7.13. The van der Waals surface area contributed by atoms with Gasteiger partial charge in [0.25, 0.3) is 0 Å². The Morgan fingerprint density at radius 3 is 2.72 bits per heavy atom. The predicted molar refractivity (Wildman–Crippen MR) is 69.3 cm³/mol. The molecule has 0 spiro atoms. The highest BCUT2D eigenvalue weighted by Gasteiger charge is 2.16. The molecule has 1 heterocycles. The van der Waals surface area contributed by atoms with Crippen LogP contribution in [0.3, 0.4) is 0 Å². The van der Waals surface area contributed by atoms with Crippen LogP contribution in [0, 0.1) is 5.82 Å². The largest absolute Gasteiger partial charge is 0.350 e. The van der Waals surface area contributed by atoms with E-state index in [2.05, 4.69) is 4.98 Å². The normalized spacial score (nSPS) is 11.2. The maximum atomic E-state index is 13.7. The average molecular weight is 288 g/mol. The Bertz CT molecular complexity index is 543. The predicted octanol–water partition coefficient (Wildman–Crippen LogP) is 3.89. The molecule has 96 valence electrons. The molecule has 2 rings (SSSR count). The lowest BCUT2D eigenvalue weighted by atomic mass is 10.2. The molecule has 0 aliphatic heterocycles. The summed E-state index contributed by atoms with van der Waals surface area (Å²) in [4.78, 5) is 4.29. The summed E-state index contributed by atoms with van der Waals surface area (Å²) < 4.78 is 23.9. The Morgan fingerprint density at radius 1 is 1.33 bits per heavy atom. The molecule has 2 aromatic rings. The van der Waals surface area contributed by atoms with Crippen molar-refractivity contribution >= 4 is 22.9 Å². The van der Waals surface area contributed by atoms with Crippen molar-refractivity contribution in [3.05, 3.63) is 40.1 Å². The smallest absolute Gasteiger partial charge is 0.201 e. The van der Waals surface area contributed by atoms with E-state index in [1.165, 1.54) is 37.7 Å². The molecule has 0 saturated heterocycles. The first-order chi connectivity index (χ1) is 8.65.